The summed E-state index contributed by atoms with van der Waals surface area (Å²) in [6.45, 7) is 2.88. The molecule has 1 saturated heterocycles. The molecule has 100 valence electrons. The van der Waals surface area contributed by atoms with E-state index in [1.165, 1.54) is 16.5 Å². The molecular weight excluding hydrogens is 236 g/mol. The number of aromatic amines is 1. The molecule has 19 heavy (non-hydrogen) atoms. The molecule has 1 fully saturated rings. The molecule has 1 unspecified atom stereocenters. The van der Waals surface area contributed by atoms with Crippen molar-refractivity contribution in [1.29, 1.82) is 0 Å². The van der Waals surface area contributed by atoms with Gasteiger partial charge >= 0.3 is 0 Å². The molecule has 0 saturated carbocycles. The average molecular weight is 256 g/mol. The summed E-state index contributed by atoms with van der Waals surface area (Å²) in [6.07, 6.45) is 5.95. The predicted molar refractivity (Wildman–Crippen MR) is 77.0 cm³/mol. The maximum absolute atomic E-state index is 11.9. The molecule has 2 aromatic rings. The van der Waals surface area contributed by atoms with Crippen LogP contribution in [0, 0.1) is 0 Å². The first kappa shape index (κ1) is 12.3. The molecule has 0 spiro atoms. The molecule has 3 rings (SSSR count). The first-order valence-electron chi connectivity index (χ1n) is 7.14. The van der Waals surface area contributed by atoms with Gasteiger partial charge in [-0.25, -0.2) is 0 Å². The first-order chi connectivity index (χ1) is 9.29. The Bertz CT molecular complexity index is 587. The molecule has 1 aromatic heterocycles. The lowest BCUT2D eigenvalue weighted by molar-refractivity contribution is -0.131. The minimum Gasteiger partial charge on any atom is -0.361 e. The zero-order chi connectivity index (χ0) is 13.2. The van der Waals surface area contributed by atoms with Crippen LogP contribution < -0.4 is 0 Å². The van der Waals surface area contributed by atoms with Gasteiger partial charge in [0.2, 0.25) is 5.91 Å². The smallest absolute Gasteiger partial charge is 0.222 e. The van der Waals surface area contributed by atoms with Gasteiger partial charge < -0.3 is 9.88 Å². The number of H-pyrrole nitrogens is 1. The Morgan fingerprint density at radius 1 is 1.42 bits per heavy atom. The van der Waals surface area contributed by atoms with Crippen LogP contribution in [0.2, 0.25) is 0 Å². The summed E-state index contributed by atoms with van der Waals surface area (Å²) in [7, 11) is 0. The van der Waals surface area contributed by atoms with Gasteiger partial charge in [-0.2, -0.15) is 0 Å². The summed E-state index contributed by atoms with van der Waals surface area (Å²) in [4.78, 5) is 17.3. The number of aromatic nitrogens is 1. The molecular formula is C16H20N2O. The fourth-order valence-electron chi connectivity index (χ4n) is 3.13. The number of benzene rings is 1. The van der Waals surface area contributed by atoms with Crippen LogP contribution in [-0.2, 0) is 11.2 Å². The molecule has 0 aliphatic carbocycles. The van der Waals surface area contributed by atoms with Crippen LogP contribution in [0.5, 0.6) is 0 Å². The number of nitrogens with zero attached hydrogens (tertiary/aromatic N) is 1. The van der Waals surface area contributed by atoms with E-state index in [-0.39, 0.29) is 0 Å². The number of carbonyl (C=O) groups is 1. The van der Waals surface area contributed by atoms with E-state index in [1.54, 1.807) is 0 Å². The summed E-state index contributed by atoms with van der Waals surface area (Å²) in [6, 6.07) is 8.76. The van der Waals surface area contributed by atoms with Crippen LogP contribution in [0.1, 0.15) is 31.7 Å². The Kier molecular flexibility index (Phi) is 3.28. The zero-order valence-corrected chi connectivity index (χ0v) is 11.4. The van der Waals surface area contributed by atoms with Gasteiger partial charge in [0.15, 0.2) is 0 Å². The van der Waals surface area contributed by atoms with Crippen molar-refractivity contribution in [3.63, 3.8) is 0 Å². The topological polar surface area (TPSA) is 36.1 Å². The molecule has 0 bridgehead atoms. The van der Waals surface area contributed by atoms with Crippen LogP contribution >= 0.6 is 0 Å². The van der Waals surface area contributed by atoms with Crippen molar-refractivity contribution in [3.05, 3.63) is 36.0 Å². The largest absolute Gasteiger partial charge is 0.361 e. The highest BCUT2D eigenvalue weighted by Gasteiger charge is 2.28. The van der Waals surface area contributed by atoms with E-state index in [0.717, 1.165) is 25.8 Å². The van der Waals surface area contributed by atoms with Crippen LogP contribution in [-0.4, -0.2) is 28.4 Å². The van der Waals surface area contributed by atoms with Gasteiger partial charge in [-0.15, -0.1) is 0 Å². The summed E-state index contributed by atoms with van der Waals surface area (Å²) in [5, 5.41) is 1.29. The first-order valence-corrected chi connectivity index (χ1v) is 7.14. The highest BCUT2D eigenvalue weighted by molar-refractivity contribution is 5.83. The van der Waals surface area contributed by atoms with E-state index in [9.17, 15) is 4.79 Å². The lowest BCUT2D eigenvalue weighted by Gasteiger charge is -2.24. The Labute approximate surface area is 113 Å². The van der Waals surface area contributed by atoms with Crippen molar-refractivity contribution in [2.75, 3.05) is 6.54 Å². The summed E-state index contributed by atoms with van der Waals surface area (Å²) >= 11 is 0. The number of carbonyl (C=O) groups excluding carboxylic acids is 1. The Morgan fingerprint density at radius 2 is 2.26 bits per heavy atom. The quantitative estimate of drug-likeness (QED) is 0.900. The van der Waals surface area contributed by atoms with Crippen LogP contribution in [0.3, 0.4) is 0 Å². The molecule has 1 aromatic carbocycles. The Balaban J connectivity index is 1.82. The third-order valence-electron chi connectivity index (χ3n) is 4.13. The van der Waals surface area contributed by atoms with Gasteiger partial charge in [-0.1, -0.05) is 25.1 Å². The molecule has 2 heterocycles. The highest BCUT2D eigenvalue weighted by atomic mass is 16.2. The van der Waals surface area contributed by atoms with Crippen LogP contribution in [0.4, 0.5) is 0 Å². The van der Waals surface area contributed by atoms with E-state index in [1.807, 2.05) is 13.0 Å². The maximum atomic E-state index is 11.9. The number of fused-ring (bicyclic) bond motifs is 1. The predicted octanol–water partition coefficient (Wildman–Crippen LogP) is 3.11. The van der Waals surface area contributed by atoms with Crippen molar-refractivity contribution in [2.45, 2.75) is 38.6 Å². The fourth-order valence-corrected chi connectivity index (χ4v) is 3.13. The Hall–Kier alpha value is -1.77. The number of hydrogen-bond donors (Lipinski definition) is 1. The van der Waals surface area contributed by atoms with Gasteiger partial charge in [-0.3, -0.25) is 4.79 Å². The van der Waals surface area contributed by atoms with E-state index < -0.39 is 0 Å². The van der Waals surface area contributed by atoms with Gasteiger partial charge in [0.1, 0.15) is 0 Å². The molecule has 3 heteroatoms. The van der Waals surface area contributed by atoms with Crippen LogP contribution in [0.25, 0.3) is 10.9 Å². The van der Waals surface area contributed by atoms with Gasteiger partial charge in [0.25, 0.3) is 0 Å². The Morgan fingerprint density at radius 3 is 3.11 bits per heavy atom. The van der Waals surface area contributed by atoms with E-state index in [2.05, 4.69) is 34.3 Å². The summed E-state index contributed by atoms with van der Waals surface area (Å²) in [5.74, 6) is 0.294. The number of rotatable bonds is 3. The zero-order valence-electron chi connectivity index (χ0n) is 11.4. The van der Waals surface area contributed by atoms with Crippen molar-refractivity contribution < 1.29 is 4.79 Å². The van der Waals surface area contributed by atoms with Gasteiger partial charge in [-0.05, 0) is 30.9 Å². The lowest BCUT2D eigenvalue weighted by Crippen LogP contribution is -2.36. The molecule has 1 aliphatic heterocycles. The van der Waals surface area contributed by atoms with E-state index >= 15 is 0 Å². The summed E-state index contributed by atoms with van der Waals surface area (Å²) < 4.78 is 0. The molecule has 1 aliphatic rings. The number of nitrogens with one attached hydrogen (secondary N) is 1. The fraction of sp³-hybridized carbons (Fsp3) is 0.438. The monoisotopic (exact) mass is 256 g/mol. The minimum atomic E-state index is 0.294. The van der Waals surface area contributed by atoms with Crippen LogP contribution in [0.15, 0.2) is 30.5 Å². The SMILES string of the molecule is CCC(=O)N1CCCC1Cc1c[nH]c2ccccc12. The minimum absolute atomic E-state index is 0.294. The highest BCUT2D eigenvalue weighted by Crippen LogP contribution is 2.25. The molecule has 0 radical (unpaired) electrons. The lowest BCUT2D eigenvalue weighted by atomic mass is 10.0. The number of para-hydroxylation sites is 1. The number of likely N-dealkylation sites (tertiary alicyclic amines) is 1. The number of hydrogen-bond acceptors (Lipinski definition) is 1. The van der Waals surface area contributed by atoms with Gasteiger partial charge in [0, 0.05) is 36.1 Å². The van der Waals surface area contributed by atoms with Crippen molar-refractivity contribution in [1.82, 2.24) is 9.88 Å². The number of amides is 1. The summed E-state index contributed by atoms with van der Waals surface area (Å²) in [5.41, 5.74) is 2.51. The van der Waals surface area contributed by atoms with Crippen molar-refractivity contribution in [2.24, 2.45) is 0 Å². The van der Waals surface area contributed by atoms with E-state index in [4.69, 9.17) is 0 Å². The molecule has 1 N–H and O–H groups in total. The van der Waals surface area contributed by atoms with E-state index in [0.29, 0.717) is 18.4 Å². The normalized spacial score (nSPS) is 19.2. The molecule has 1 amide bonds. The molecule has 1 atom stereocenters. The molecule has 3 nitrogen and oxygen atoms in total. The second-order valence-electron chi connectivity index (χ2n) is 5.30. The van der Waals surface area contributed by atoms with Gasteiger partial charge in [0.05, 0.1) is 0 Å². The third-order valence-corrected chi connectivity index (χ3v) is 4.13. The average Bonchev–Trinajstić information content (AvgIpc) is 3.06. The second kappa shape index (κ2) is 5.08. The second-order valence-corrected chi connectivity index (χ2v) is 5.30. The maximum Gasteiger partial charge on any atom is 0.222 e. The van der Waals surface area contributed by atoms with Crippen molar-refractivity contribution in [3.8, 4) is 0 Å². The standard InChI is InChI=1S/C16H20N2O/c1-2-16(19)18-9-5-6-13(18)10-12-11-17-15-8-4-3-7-14(12)15/h3-4,7-8,11,13,17H,2,5-6,9-10H2,1H3. The third kappa shape index (κ3) is 2.25. The van der Waals surface area contributed by atoms with Crippen molar-refractivity contribution >= 4 is 16.8 Å².